The Morgan fingerprint density at radius 3 is 2.62 bits per heavy atom. The molecule has 1 atom stereocenters. The summed E-state index contributed by atoms with van der Waals surface area (Å²) in [4.78, 5) is 12.3. The van der Waals surface area contributed by atoms with Crippen LogP contribution in [0.25, 0.3) is 0 Å². The average molecular weight is 242 g/mol. The van der Waals surface area contributed by atoms with Crippen molar-refractivity contribution in [3.8, 4) is 0 Å². The summed E-state index contributed by atoms with van der Waals surface area (Å²) in [6.07, 6.45) is 2.57. The van der Waals surface area contributed by atoms with E-state index in [1.807, 2.05) is 6.92 Å². The standard InChI is InChI=1S/C10H16ClN5/c1-3-12-9-14-8(11)15-10(16-9)13-6(2)7-4-5-7/h6-7H,3-5H2,1-2H3,(H2,12,13,14,15,16)/t6-/m0/s1. The number of hydrogen-bond acceptors (Lipinski definition) is 5. The molecule has 88 valence electrons. The topological polar surface area (TPSA) is 62.7 Å². The first kappa shape index (κ1) is 11.4. The van der Waals surface area contributed by atoms with Gasteiger partial charge in [-0.05, 0) is 44.2 Å². The number of rotatable bonds is 5. The molecule has 0 saturated heterocycles. The van der Waals surface area contributed by atoms with E-state index in [9.17, 15) is 0 Å². The van der Waals surface area contributed by atoms with Crippen LogP contribution in [0.1, 0.15) is 26.7 Å². The highest BCUT2D eigenvalue weighted by molar-refractivity contribution is 6.28. The molecule has 5 nitrogen and oxygen atoms in total. The van der Waals surface area contributed by atoms with Gasteiger partial charge in [0, 0.05) is 12.6 Å². The molecule has 1 aliphatic carbocycles. The van der Waals surface area contributed by atoms with Gasteiger partial charge < -0.3 is 10.6 Å². The predicted octanol–water partition coefficient (Wildman–Crippen LogP) is 2.17. The summed E-state index contributed by atoms with van der Waals surface area (Å²) >= 11 is 5.82. The average Bonchev–Trinajstić information content (AvgIpc) is 2.99. The van der Waals surface area contributed by atoms with Crippen molar-refractivity contribution in [3.63, 3.8) is 0 Å². The highest BCUT2D eigenvalue weighted by Crippen LogP contribution is 2.33. The highest BCUT2D eigenvalue weighted by atomic mass is 35.5. The van der Waals surface area contributed by atoms with Gasteiger partial charge in [-0.2, -0.15) is 15.0 Å². The van der Waals surface area contributed by atoms with Gasteiger partial charge in [0.25, 0.3) is 0 Å². The van der Waals surface area contributed by atoms with Crippen molar-refractivity contribution in [1.29, 1.82) is 0 Å². The lowest BCUT2D eigenvalue weighted by Gasteiger charge is -2.13. The van der Waals surface area contributed by atoms with Crippen LogP contribution in [0.5, 0.6) is 0 Å². The Bertz CT molecular complexity index is 366. The van der Waals surface area contributed by atoms with Crippen LogP contribution in [-0.2, 0) is 0 Å². The van der Waals surface area contributed by atoms with E-state index in [0.717, 1.165) is 12.5 Å². The van der Waals surface area contributed by atoms with Gasteiger partial charge in [-0.25, -0.2) is 0 Å². The van der Waals surface area contributed by atoms with E-state index < -0.39 is 0 Å². The van der Waals surface area contributed by atoms with Crippen molar-refractivity contribution in [2.24, 2.45) is 5.92 Å². The van der Waals surface area contributed by atoms with Gasteiger partial charge in [-0.3, -0.25) is 0 Å². The van der Waals surface area contributed by atoms with Gasteiger partial charge in [0.05, 0.1) is 0 Å². The predicted molar refractivity (Wildman–Crippen MR) is 64.8 cm³/mol. The molecule has 0 spiro atoms. The number of nitrogens with zero attached hydrogens (tertiary/aromatic N) is 3. The lowest BCUT2D eigenvalue weighted by molar-refractivity contribution is 0.685. The first-order chi connectivity index (χ1) is 7.69. The Balaban J connectivity index is 2.06. The summed E-state index contributed by atoms with van der Waals surface area (Å²) < 4.78 is 0. The molecule has 0 aromatic carbocycles. The van der Waals surface area contributed by atoms with Crippen molar-refractivity contribution in [2.45, 2.75) is 32.7 Å². The van der Waals surface area contributed by atoms with Crippen LogP contribution < -0.4 is 10.6 Å². The van der Waals surface area contributed by atoms with E-state index in [2.05, 4.69) is 32.5 Å². The third-order valence-electron chi connectivity index (χ3n) is 2.63. The summed E-state index contributed by atoms with van der Waals surface area (Å²) in [5.41, 5.74) is 0. The molecule has 0 amide bonds. The van der Waals surface area contributed by atoms with Gasteiger partial charge in [0.15, 0.2) is 0 Å². The van der Waals surface area contributed by atoms with Gasteiger partial charge >= 0.3 is 0 Å². The lowest BCUT2D eigenvalue weighted by atomic mass is 10.2. The van der Waals surface area contributed by atoms with Crippen molar-refractivity contribution in [3.05, 3.63) is 5.28 Å². The van der Waals surface area contributed by atoms with E-state index in [0.29, 0.717) is 17.9 Å². The zero-order valence-corrected chi connectivity index (χ0v) is 10.3. The van der Waals surface area contributed by atoms with Crippen LogP contribution >= 0.6 is 11.6 Å². The second kappa shape index (κ2) is 4.82. The molecule has 1 fully saturated rings. The minimum absolute atomic E-state index is 0.219. The van der Waals surface area contributed by atoms with Crippen LogP contribution in [-0.4, -0.2) is 27.5 Å². The smallest absolute Gasteiger partial charge is 0.229 e. The van der Waals surface area contributed by atoms with Crippen molar-refractivity contribution in [2.75, 3.05) is 17.2 Å². The zero-order valence-electron chi connectivity index (χ0n) is 9.50. The van der Waals surface area contributed by atoms with E-state index in [1.54, 1.807) is 0 Å². The van der Waals surface area contributed by atoms with Crippen molar-refractivity contribution in [1.82, 2.24) is 15.0 Å². The largest absolute Gasteiger partial charge is 0.354 e. The monoisotopic (exact) mass is 241 g/mol. The molecule has 2 N–H and O–H groups in total. The van der Waals surface area contributed by atoms with E-state index in [-0.39, 0.29) is 5.28 Å². The summed E-state index contributed by atoms with van der Waals surface area (Å²) in [5, 5.41) is 6.50. The first-order valence-electron chi connectivity index (χ1n) is 5.61. The number of anilines is 2. The fourth-order valence-electron chi connectivity index (χ4n) is 1.57. The number of aromatic nitrogens is 3. The van der Waals surface area contributed by atoms with Crippen molar-refractivity contribution >= 4 is 23.5 Å². The summed E-state index contributed by atoms with van der Waals surface area (Å²) in [6, 6.07) is 0.396. The minimum atomic E-state index is 0.219. The highest BCUT2D eigenvalue weighted by Gasteiger charge is 2.28. The molecule has 2 rings (SSSR count). The number of nitrogens with one attached hydrogen (secondary N) is 2. The maximum atomic E-state index is 5.82. The Morgan fingerprint density at radius 2 is 2.00 bits per heavy atom. The molecule has 16 heavy (non-hydrogen) atoms. The molecular weight excluding hydrogens is 226 g/mol. The third kappa shape index (κ3) is 2.95. The van der Waals surface area contributed by atoms with Crippen LogP contribution in [0.4, 0.5) is 11.9 Å². The normalized spacial score (nSPS) is 16.9. The molecule has 0 bridgehead atoms. The van der Waals surface area contributed by atoms with Crippen LogP contribution in [0.2, 0.25) is 5.28 Å². The zero-order chi connectivity index (χ0) is 11.5. The Morgan fingerprint density at radius 1 is 1.31 bits per heavy atom. The van der Waals surface area contributed by atoms with E-state index in [1.165, 1.54) is 12.8 Å². The molecule has 1 heterocycles. The summed E-state index contributed by atoms with van der Waals surface area (Å²) in [5.74, 6) is 1.82. The quantitative estimate of drug-likeness (QED) is 0.827. The van der Waals surface area contributed by atoms with Crippen LogP contribution in [0.15, 0.2) is 0 Å². The molecule has 1 aromatic heterocycles. The number of hydrogen-bond donors (Lipinski definition) is 2. The van der Waals surface area contributed by atoms with Gasteiger partial charge in [-0.1, -0.05) is 0 Å². The fraction of sp³-hybridized carbons (Fsp3) is 0.700. The maximum Gasteiger partial charge on any atom is 0.229 e. The van der Waals surface area contributed by atoms with Crippen LogP contribution in [0.3, 0.4) is 0 Å². The molecule has 1 aromatic rings. The van der Waals surface area contributed by atoms with E-state index >= 15 is 0 Å². The summed E-state index contributed by atoms with van der Waals surface area (Å²) in [6.45, 7) is 4.89. The molecule has 6 heteroatoms. The molecule has 1 aliphatic rings. The van der Waals surface area contributed by atoms with E-state index in [4.69, 9.17) is 11.6 Å². The minimum Gasteiger partial charge on any atom is -0.354 e. The number of halogens is 1. The molecule has 0 unspecified atom stereocenters. The summed E-state index contributed by atoms with van der Waals surface area (Å²) in [7, 11) is 0. The van der Waals surface area contributed by atoms with Gasteiger partial charge in [0.1, 0.15) is 0 Å². The first-order valence-corrected chi connectivity index (χ1v) is 5.99. The lowest BCUT2D eigenvalue weighted by Crippen LogP contribution is -2.20. The SMILES string of the molecule is CCNc1nc(Cl)nc(N[C@@H](C)C2CC2)n1. The van der Waals surface area contributed by atoms with Gasteiger partial charge in [-0.15, -0.1) is 0 Å². The Labute approximate surface area is 100 Å². The fourth-order valence-corrected chi connectivity index (χ4v) is 1.73. The second-order valence-corrected chi connectivity index (χ2v) is 4.39. The van der Waals surface area contributed by atoms with Gasteiger partial charge in [0.2, 0.25) is 17.2 Å². The van der Waals surface area contributed by atoms with Crippen LogP contribution in [0, 0.1) is 5.92 Å². The third-order valence-corrected chi connectivity index (χ3v) is 2.80. The second-order valence-electron chi connectivity index (χ2n) is 4.05. The molecule has 1 saturated carbocycles. The maximum absolute atomic E-state index is 5.82. The molecule has 0 aliphatic heterocycles. The molecular formula is C10H16ClN5. The Kier molecular flexibility index (Phi) is 3.43. The molecule has 0 radical (unpaired) electrons. The van der Waals surface area contributed by atoms with Crippen molar-refractivity contribution < 1.29 is 0 Å². The Hall–Kier alpha value is -1.10.